The van der Waals surface area contributed by atoms with E-state index in [1.807, 2.05) is 13.0 Å². The second-order valence-corrected chi connectivity index (χ2v) is 8.80. The van der Waals surface area contributed by atoms with Crippen LogP contribution >= 0.6 is 31.9 Å². The average Bonchev–Trinajstić information content (AvgIpc) is 2.31. The summed E-state index contributed by atoms with van der Waals surface area (Å²) in [5, 5.41) is 0. The maximum atomic E-state index is 12.8. The topological polar surface area (TPSA) is 37.4 Å². The summed E-state index contributed by atoms with van der Waals surface area (Å²) in [6.07, 6.45) is 1.85. The standard InChI is InChI=1S/C13H17Br2NO2S/c1-9-5-6-16(10(2)7-9)19(17,18)13-8-11(14)3-4-12(13)15/h3-4,8-10H,5-7H2,1-2H3. The van der Waals surface area contributed by atoms with Crippen LogP contribution in [0.25, 0.3) is 0 Å². The van der Waals surface area contributed by atoms with E-state index in [0.717, 1.165) is 17.3 Å². The van der Waals surface area contributed by atoms with E-state index < -0.39 is 10.0 Å². The molecule has 0 saturated carbocycles. The fourth-order valence-electron chi connectivity index (χ4n) is 2.54. The minimum atomic E-state index is -3.43. The van der Waals surface area contributed by atoms with Gasteiger partial charge < -0.3 is 0 Å². The average molecular weight is 411 g/mol. The number of halogens is 2. The first-order valence-corrected chi connectivity index (χ1v) is 9.32. The first kappa shape index (κ1) is 15.5. The summed E-state index contributed by atoms with van der Waals surface area (Å²) in [6.45, 7) is 4.76. The highest BCUT2D eigenvalue weighted by Crippen LogP contribution is 2.32. The number of piperidine rings is 1. The molecule has 6 heteroatoms. The Labute approximate surface area is 131 Å². The molecule has 0 radical (unpaired) electrons. The Morgan fingerprint density at radius 3 is 2.58 bits per heavy atom. The van der Waals surface area contributed by atoms with Crippen LogP contribution in [0.15, 0.2) is 32.0 Å². The quantitative estimate of drug-likeness (QED) is 0.738. The maximum Gasteiger partial charge on any atom is 0.244 e. The monoisotopic (exact) mass is 409 g/mol. The van der Waals surface area contributed by atoms with Gasteiger partial charge in [-0.05, 0) is 59.8 Å². The van der Waals surface area contributed by atoms with Gasteiger partial charge in [0.25, 0.3) is 0 Å². The zero-order valence-electron chi connectivity index (χ0n) is 10.9. The number of hydrogen-bond acceptors (Lipinski definition) is 2. The molecule has 1 aliphatic heterocycles. The minimum absolute atomic E-state index is 0.0552. The van der Waals surface area contributed by atoms with Gasteiger partial charge in [-0.1, -0.05) is 22.9 Å². The van der Waals surface area contributed by atoms with Crippen molar-refractivity contribution >= 4 is 41.9 Å². The Morgan fingerprint density at radius 1 is 1.26 bits per heavy atom. The summed E-state index contributed by atoms with van der Waals surface area (Å²) in [5.41, 5.74) is 0. The summed E-state index contributed by atoms with van der Waals surface area (Å²) in [5.74, 6) is 0.590. The molecule has 1 saturated heterocycles. The van der Waals surface area contributed by atoms with E-state index in [2.05, 4.69) is 38.8 Å². The van der Waals surface area contributed by atoms with Crippen molar-refractivity contribution in [2.45, 2.75) is 37.6 Å². The van der Waals surface area contributed by atoms with Crippen molar-refractivity contribution in [3.8, 4) is 0 Å². The highest BCUT2D eigenvalue weighted by molar-refractivity contribution is 9.11. The summed E-state index contributed by atoms with van der Waals surface area (Å²) >= 11 is 6.67. The molecule has 1 fully saturated rings. The molecule has 2 rings (SSSR count). The van der Waals surface area contributed by atoms with Gasteiger partial charge in [0.1, 0.15) is 0 Å². The third kappa shape index (κ3) is 3.23. The van der Waals surface area contributed by atoms with E-state index in [1.165, 1.54) is 0 Å². The number of sulfonamides is 1. The lowest BCUT2D eigenvalue weighted by Crippen LogP contribution is -2.44. The molecule has 1 aromatic rings. The Hall–Kier alpha value is 0.0900. The van der Waals surface area contributed by atoms with Crippen molar-refractivity contribution < 1.29 is 8.42 Å². The highest BCUT2D eigenvalue weighted by atomic mass is 79.9. The molecular weight excluding hydrogens is 394 g/mol. The van der Waals surface area contributed by atoms with Crippen molar-refractivity contribution in [2.75, 3.05) is 6.54 Å². The summed E-state index contributed by atoms with van der Waals surface area (Å²) in [6, 6.07) is 5.29. The molecule has 0 spiro atoms. The summed E-state index contributed by atoms with van der Waals surface area (Å²) < 4.78 is 28.5. The maximum absolute atomic E-state index is 12.8. The number of benzene rings is 1. The molecule has 1 aromatic carbocycles. The predicted molar refractivity (Wildman–Crippen MR) is 83.6 cm³/mol. The number of hydrogen-bond donors (Lipinski definition) is 0. The van der Waals surface area contributed by atoms with Crippen molar-refractivity contribution in [3.05, 3.63) is 27.1 Å². The Kier molecular flexibility index (Phi) is 4.75. The molecule has 0 aliphatic carbocycles. The largest absolute Gasteiger partial charge is 0.244 e. The van der Waals surface area contributed by atoms with Gasteiger partial charge in [-0.3, -0.25) is 0 Å². The van der Waals surface area contributed by atoms with E-state index in [0.29, 0.717) is 21.8 Å². The van der Waals surface area contributed by atoms with Gasteiger partial charge in [0, 0.05) is 21.5 Å². The van der Waals surface area contributed by atoms with Crippen LogP contribution in [0.2, 0.25) is 0 Å². The fraction of sp³-hybridized carbons (Fsp3) is 0.538. The fourth-order valence-corrected chi connectivity index (χ4v) is 5.67. The first-order valence-electron chi connectivity index (χ1n) is 6.29. The second kappa shape index (κ2) is 5.84. The van der Waals surface area contributed by atoms with Crippen LogP contribution in [0.4, 0.5) is 0 Å². The van der Waals surface area contributed by atoms with Crippen molar-refractivity contribution in [2.24, 2.45) is 5.92 Å². The van der Waals surface area contributed by atoms with Crippen molar-refractivity contribution in [1.29, 1.82) is 0 Å². The molecular formula is C13H17Br2NO2S. The van der Waals surface area contributed by atoms with Gasteiger partial charge in [-0.25, -0.2) is 8.42 Å². The van der Waals surface area contributed by atoms with Crippen LogP contribution in [0.3, 0.4) is 0 Å². The van der Waals surface area contributed by atoms with E-state index >= 15 is 0 Å². The third-order valence-corrected chi connectivity index (χ3v) is 7.06. The van der Waals surface area contributed by atoms with Crippen LogP contribution in [-0.2, 0) is 10.0 Å². The predicted octanol–water partition coefficient (Wildman–Crippen LogP) is 4.02. The normalized spacial score (nSPS) is 25.5. The molecule has 19 heavy (non-hydrogen) atoms. The molecule has 0 amide bonds. The van der Waals surface area contributed by atoms with E-state index in [-0.39, 0.29) is 6.04 Å². The van der Waals surface area contributed by atoms with Crippen LogP contribution in [-0.4, -0.2) is 25.3 Å². The lowest BCUT2D eigenvalue weighted by Gasteiger charge is -2.35. The molecule has 0 bridgehead atoms. The molecule has 0 aromatic heterocycles. The Bertz CT molecular complexity index is 574. The molecule has 0 N–H and O–H groups in total. The van der Waals surface area contributed by atoms with Crippen LogP contribution in [0.1, 0.15) is 26.7 Å². The van der Waals surface area contributed by atoms with Crippen LogP contribution in [0, 0.1) is 5.92 Å². The van der Waals surface area contributed by atoms with Crippen LogP contribution < -0.4 is 0 Å². The first-order chi connectivity index (χ1) is 8.82. The van der Waals surface area contributed by atoms with Crippen LogP contribution in [0.5, 0.6) is 0 Å². The smallest absolute Gasteiger partial charge is 0.207 e. The van der Waals surface area contributed by atoms with E-state index in [9.17, 15) is 8.42 Å². The third-order valence-electron chi connectivity index (χ3n) is 3.56. The molecule has 106 valence electrons. The van der Waals surface area contributed by atoms with Gasteiger partial charge in [0.05, 0.1) is 4.90 Å². The molecule has 2 atom stereocenters. The van der Waals surface area contributed by atoms with E-state index in [4.69, 9.17) is 0 Å². The lowest BCUT2D eigenvalue weighted by atomic mass is 9.95. The Balaban J connectivity index is 2.39. The molecule has 1 heterocycles. The second-order valence-electron chi connectivity index (χ2n) is 5.17. The molecule has 2 unspecified atom stereocenters. The van der Waals surface area contributed by atoms with Gasteiger partial charge in [-0.2, -0.15) is 4.31 Å². The SMILES string of the molecule is CC1CCN(S(=O)(=O)c2cc(Br)ccc2Br)C(C)C1. The zero-order chi connectivity index (χ0) is 14.2. The highest BCUT2D eigenvalue weighted by Gasteiger charge is 2.34. The minimum Gasteiger partial charge on any atom is -0.207 e. The van der Waals surface area contributed by atoms with Gasteiger partial charge in [0.15, 0.2) is 0 Å². The van der Waals surface area contributed by atoms with Crippen molar-refractivity contribution in [3.63, 3.8) is 0 Å². The Morgan fingerprint density at radius 2 is 1.95 bits per heavy atom. The van der Waals surface area contributed by atoms with Gasteiger partial charge in [-0.15, -0.1) is 0 Å². The number of nitrogens with zero attached hydrogens (tertiary/aromatic N) is 1. The van der Waals surface area contributed by atoms with Gasteiger partial charge in [0.2, 0.25) is 10.0 Å². The molecule has 1 aliphatic rings. The summed E-state index contributed by atoms with van der Waals surface area (Å²) in [4.78, 5) is 0.336. The van der Waals surface area contributed by atoms with E-state index in [1.54, 1.807) is 16.4 Å². The van der Waals surface area contributed by atoms with Crippen molar-refractivity contribution in [1.82, 2.24) is 4.31 Å². The lowest BCUT2D eigenvalue weighted by molar-refractivity contribution is 0.220. The number of rotatable bonds is 2. The zero-order valence-corrected chi connectivity index (χ0v) is 14.9. The van der Waals surface area contributed by atoms with Gasteiger partial charge >= 0.3 is 0 Å². The summed E-state index contributed by atoms with van der Waals surface area (Å²) in [7, 11) is -3.43. The molecule has 3 nitrogen and oxygen atoms in total.